The molecule has 17 heavy (non-hydrogen) atoms. The van der Waals surface area contributed by atoms with Crippen LogP contribution in [-0.2, 0) is 4.79 Å². The lowest BCUT2D eigenvalue weighted by atomic mass is 10.1. The van der Waals surface area contributed by atoms with Gasteiger partial charge in [-0.25, -0.2) is 0 Å². The highest BCUT2D eigenvalue weighted by atomic mass is 16.5. The second-order valence-electron chi connectivity index (χ2n) is 3.99. The van der Waals surface area contributed by atoms with Crippen molar-refractivity contribution in [2.75, 3.05) is 32.6 Å². The third-order valence-electron chi connectivity index (χ3n) is 2.80. The van der Waals surface area contributed by atoms with E-state index in [0.29, 0.717) is 0 Å². The second kappa shape index (κ2) is 5.16. The van der Waals surface area contributed by atoms with Crippen LogP contribution < -0.4 is 20.7 Å². The zero-order chi connectivity index (χ0) is 12.3. The monoisotopic (exact) mass is 235 g/mol. The SMILES string of the molecule is CNCC(NC)c1ccc2c(c1)NC(=O)CO2. The number of anilines is 1. The quantitative estimate of drug-likeness (QED) is 0.711. The third kappa shape index (κ3) is 2.57. The first-order valence-corrected chi connectivity index (χ1v) is 5.63. The summed E-state index contributed by atoms with van der Waals surface area (Å²) in [6.45, 7) is 0.919. The average molecular weight is 235 g/mol. The molecule has 0 aliphatic carbocycles. The Labute approximate surface area is 101 Å². The number of fused-ring (bicyclic) bond motifs is 1. The normalized spacial score (nSPS) is 15.8. The molecular formula is C12H17N3O2. The average Bonchev–Trinajstić information content (AvgIpc) is 2.35. The molecule has 0 aromatic heterocycles. The van der Waals surface area contributed by atoms with Crippen LogP contribution in [0.5, 0.6) is 5.75 Å². The zero-order valence-corrected chi connectivity index (χ0v) is 10.0. The summed E-state index contributed by atoms with van der Waals surface area (Å²) in [5.41, 5.74) is 1.86. The fourth-order valence-electron chi connectivity index (χ4n) is 1.91. The van der Waals surface area contributed by atoms with Crippen molar-refractivity contribution in [1.29, 1.82) is 0 Å². The van der Waals surface area contributed by atoms with Gasteiger partial charge in [-0.2, -0.15) is 0 Å². The standard InChI is InChI=1S/C12H17N3O2/c1-13-6-10(14-2)8-3-4-11-9(5-8)15-12(16)7-17-11/h3-5,10,13-14H,6-7H2,1-2H3,(H,15,16). The van der Waals surface area contributed by atoms with E-state index in [2.05, 4.69) is 16.0 Å². The van der Waals surface area contributed by atoms with E-state index in [1.54, 1.807) is 0 Å². The molecule has 3 N–H and O–H groups in total. The molecule has 5 heteroatoms. The van der Waals surface area contributed by atoms with Crippen LogP contribution in [0.1, 0.15) is 11.6 Å². The van der Waals surface area contributed by atoms with E-state index < -0.39 is 0 Å². The van der Waals surface area contributed by atoms with Gasteiger partial charge in [0, 0.05) is 12.6 Å². The molecule has 5 nitrogen and oxygen atoms in total. The van der Waals surface area contributed by atoms with Gasteiger partial charge in [0.05, 0.1) is 5.69 Å². The molecule has 0 saturated carbocycles. The Morgan fingerprint density at radius 3 is 3.00 bits per heavy atom. The minimum Gasteiger partial charge on any atom is -0.482 e. The summed E-state index contributed by atoms with van der Waals surface area (Å²) in [6, 6.07) is 6.06. The highest BCUT2D eigenvalue weighted by Gasteiger charge is 2.17. The predicted molar refractivity (Wildman–Crippen MR) is 66.3 cm³/mol. The number of carbonyl (C=O) groups excluding carboxylic acids is 1. The van der Waals surface area contributed by atoms with Crippen LogP contribution in [0.15, 0.2) is 18.2 Å². The number of hydrogen-bond acceptors (Lipinski definition) is 4. The highest BCUT2D eigenvalue weighted by molar-refractivity contribution is 5.95. The van der Waals surface area contributed by atoms with Gasteiger partial charge in [-0.05, 0) is 31.8 Å². The number of benzene rings is 1. The fraction of sp³-hybridized carbons (Fsp3) is 0.417. The molecule has 0 radical (unpaired) electrons. The van der Waals surface area contributed by atoms with Crippen molar-refractivity contribution in [2.45, 2.75) is 6.04 Å². The summed E-state index contributed by atoms with van der Waals surface area (Å²) in [7, 11) is 3.82. The Bertz CT molecular complexity index is 420. The van der Waals surface area contributed by atoms with Crippen LogP contribution in [0.4, 0.5) is 5.69 Å². The largest absolute Gasteiger partial charge is 0.482 e. The number of hydrogen-bond donors (Lipinski definition) is 3. The molecule has 0 spiro atoms. The van der Waals surface area contributed by atoms with Crippen molar-refractivity contribution in [3.05, 3.63) is 23.8 Å². The van der Waals surface area contributed by atoms with E-state index in [1.807, 2.05) is 32.3 Å². The number of ether oxygens (including phenoxy) is 1. The van der Waals surface area contributed by atoms with Crippen LogP contribution in [0.25, 0.3) is 0 Å². The summed E-state index contributed by atoms with van der Waals surface area (Å²) in [6.07, 6.45) is 0. The Morgan fingerprint density at radius 2 is 2.29 bits per heavy atom. The molecule has 1 aliphatic rings. The van der Waals surface area contributed by atoms with E-state index in [4.69, 9.17) is 4.74 Å². The molecule has 0 fully saturated rings. The Morgan fingerprint density at radius 1 is 1.47 bits per heavy atom. The molecule has 1 aromatic rings. The number of rotatable bonds is 4. The van der Waals surface area contributed by atoms with Gasteiger partial charge in [0.1, 0.15) is 5.75 Å². The second-order valence-corrected chi connectivity index (χ2v) is 3.99. The van der Waals surface area contributed by atoms with Crippen molar-refractivity contribution >= 4 is 11.6 Å². The summed E-state index contributed by atoms with van der Waals surface area (Å²) in [5, 5.41) is 9.16. The summed E-state index contributed by atoms with van der Waals surface area (Å²) < 4.78 is 5.32. The lowest BCUT2D eigenvalue weighted by Gasteiger charge is -2.21. The van der Waals surface area contributed by atoms with Gasteiger partial charge in [-0.3, -0.25) is 4.79 Å². The Kier molecular flexibility index (Phi) is 3.61. The fourth-order valence-corrected chi connectivity index (χ4v) is 1.91. The van der Waals surface area contributed by atoms with Crippen molar-refractivity contribution in [3.8, 4) is 5.75 Å². The van der Waals surface area contributed by atoms with Gasteiger partial charge in [-0.1, -0.05) is 6.07 Å². The maximum Gasteiger partial charge on any atom is 0.262 e. The van der Waals surface area contributed by atoms with E-state index in [0.717, 1.165) is 23.5 Å². The van der Waals surface area contributed by atoms with Gasteiger partial charge in [0.15, 0.2) is 6.61 Å². The first kappa shape index (κ1) is 11.9. The van der Waals surface area contributed by atoms with Crippen LogP contribution in [0.3, 0.4) is 0 Å². The number of carbonyl (C=O) groups is 1. The Hall–Kier alpha value is -1.59. The van der Waals surface area contributed by atoms with Gasteiger partial charge >= 0.3 is 0 Å². The van der Waals surface area contributed by atoms with Gasteiger partial charge in [0.2, 0.25) is 0 Å². The van der Waals surface area contributed by atoms with Crippen molar-refractivity contribution in [1.82, 2.24) is 10.6 Å². The molecule has 1 aromatic carbocycles. The van der Waals surface area contributed by atoms with Crippen LogP contribution in [0.2, 0.25) is 0 Å². The lowest BCUT2D eigenvalue weighted by molar-refractivity contribution is -0.118. The minimum atomic E-state index is -0.107. The molecule has 2 rings (SSSR count). The van der Waals surface area contributed by atoms with E-state index in [9.17, 15) is 4.79 Å². The van der Waals surface area contributed by atoms with Crippen LogP contribution >= 0.6 is 0 Å². The smallest absolute Gasteiger partial charge is 0.262 e. The van der Waals surface area contributed by atoms with Crippen molar-refractivity contribution in [3.63, 3.8) is 0 Å². The molecule has 1 amide bonds. The van der Waals surface area contributed by atoms with Gasteiger partial charge in [-0.15, -0.1) is 0 Å². The number of likely N-dealkylation sites (N-methyl/N-ethyl adjacent to an activating group) is 2. The number of nitrogens with one attached hydrogen (secondary N) is 3. The number of amides is 1. The van der Waals surface area contributed by atoms with E-state index in [1.165, 1.54) is 0 Å². The summed E-state index contributed by atoms with van der Waals surface area (Å²) >= 11 is 0. The molecule has 1 heterocycles. The zero-order valence-electron chi connectivity index (χ0n) is 10.0. The lowest BCUT2D eigenvalue weighted by Crippen LogP contribution is -2.28. The van der Waals surface area contributed by atoms with Gasteiger partial charge in [0.25, 0.3) is 5.91 Å². The molecule has 1 atom stereocenters. The molecule has 0 saturated heterocycles. The highest BCUT2D eigenvalue weighted by Crippen LogP contribution is 2.30. The Balaban J connectivity index is 2.25. The maximum absolute atomic E-state index is 11.2. The van der Waals surface area contributed by atoms with Gasteiger partial charge < -0.3 is 20.7 Å². The first-order chi connectivity index (χ1) is 8.24. The summed E-state index contributed by atoms with van der Waals surface area (Å²) in [4.78, 5) is 11.2. The molecule has 1 aliphatic heterocycles. The third-order valence-corrected chi connectivity index (χ3v) is 2.80. The molecular weight excluding hydrogens is 218 g/mol. The molecule has 1 unspecified atom stereocenters. The minimum absolute atomic E-state index is 0.0956. The van der Waals surface area contributed by atoms with E-state index in [-0.39, 0.29) is 18.6 Å². The van der Waals surface area contributed by atoms with Crippen LogP contribution in [0, 0.1) is 0 Å². The maximum atomic E-state index is 11.2. The van der Waals surface area contributed by atoms with E-state index >= 15 is 0 Å². The first-order valence-electron chi connectivity index (χ1n) is 5.63. The summed E-state index contributed by atoms with van der Waals surface area (Å²) in [5.74, 6) is 0.622. The van der Waals surface area contributed by atoms with Crippen molar-refractivity contribution in [2.24, 2.45) is 0 Å². The topological polar surface area (TPSA) is 62.4 Å². The molecule has 0 bridgehead atoms. The van der Waals surface area contributed by atoms with Crippen molar-refractivity contribution < 1.29 is 9.53 Å². The van der Waals surface area contributed by atoms with Crippen LogP contribution in [-0.4, -0.2) is 33.2 Å². The predicted octanol–water partition coefficient (Wildman–Crippen LogP) is 0.497. The molecule has 92 valence electrons.